The van der Waals surface area contributed by atoms with Crippen molar-refractivity contribution >= 4 is 27.7 Å². The SMILES string of the molecule is CC(C)(Cc1ccc(Oc2ccc([14C](N)=O)cn2)cc1)NC[C@H](O)COc1cccc2[nH]c3ccccc3c12. The monoisotopic (exact) mass is 526 g/mol. The van der Waals surface area contributed by atoms with Gasteiger partial charge >= 0.3 is 0 Å². The molecule has 1 amide bonds. The number of β-amino-alcohol motifs (C(OH)–C–C–N with tert-alkyl or cyclic N) is 1. The lowest BCUT2D eigenvalue weighted by Crippen LogP contribution is -2.46. The Labute approximate surface area is 226 Å². The zero-order valence-corrected chi connectivity index (χ0v) is 22.0. The summed E-state index contributed by atoms with van der Waals surface area (Å²) >= 11 is 0. The van der Waals surface area contributed by atoms with Crippen LogP contribution < -0.4 is 20.5 Å². The maximum Gasteiger partial charge on any atom is 0.250 e. The predicted molar refractivity (Wildman–Crippen MR) is 152 cm³/mol. The quantitative estimate of drug-likeness (QED) is 0.193. The van der Waals surface area contributed by atoms with Gasteiger partial charge in [0, 0.05) is 40.6 Å². The number of nitrogens with zero attached hydrogens (tertiary/aromatic N) is 1. The fourth-order valence-electron chi connectivity index (χ4n) is 4.58. The maximum atomic E-state index is 11.2. The molecule has 5 aromatic rings. The minimum atomic E-state index is -0.672. The summed E-state index contributed by atoms with van der Waals surface area (Å²) in [6.07, 6.45) is 1.47. The summed E-state index contributed by atoms with van der Waals surface area (Å²) in [6.45, 7) is 4.77. The van der Waals surface area contributed by atoms with E-state index in [-0.39, 0.29) is 12.1 Å². The minimum absolute atomic E-state index is 0.183. The van der Waals surface area contributed by atoms with Crippen LogP contribution in [0.25, 0.3) is 21.8 Å². The number of aliphatic hydroxyl groups is 1. The molecule has 8 heteroatoms. The zero-order valence-electron chi connectivity index (χ0n) is 22.0. The Kier molecular flexibility index (Phi) is 7.49. The number of fused-ring (bicyclic) bond motifs is 3. The van der Waals surface area contributed by atoms with Crippen molar-refractivity contribution in [2.75, 3.05) is 13.2 Å². The fraction of sp³-hybridized carbons (Fsp3) is 0.226. The number of rotatable bonds is 11. The summed E-state index contributed by atoms with van der Waals surface area (Å²) in [5, 5.41) is 16.2. The van der Waals surface area contributed by atoms with Crippen LogP contribution in [-0.2, 0) is 6.42 Å². The van der Waals surface area contributed by atoms with Gasteiger partial charge in [0.15, 0.2) is 0 Å². The first-order valence-electron chi connectivity index (χ1n) is 12.9. The summed E-state index contributed by atoms with van der Waals surface area (Å²) in [4.78, 5) is 18.7. The van der Waals surface area contributed by atoms with Crippen molar-refractivity contribution in [1.29, 1.82) is 0 Å². The number of nitrogens with one attached hydrogen (secondary N) is 2. The second-order valence-electron chi connectivity index (χ2n) is 10.3. The zero-order chi connectivity index (χ0) is 27.4. The Bertz CT molecular complexity index is 1580. The summed E-state index contributed by atoms with van der Waals surface area (Å²) < 4.78 is 11.8. The number of para-hydroxylation sites is 1. The molecular weight excluding hydrogens is 494 g/mol. The number of H-pyrrole nitrogens is 1. The number of amides is 1. The largest absolute Gasteiger partial charge is 0.490 e. The minimum Gasteiger partial charge on any atom is -0.490 e. The number of ether oxygens (including phenoxy) is 2. The molecule has 0 aliphatic carbocycles. The molecule has 200 valence electrons. The highest BCUT2D eigenvalue weighted by molar-refractivity contribution is 6.10. The molecule has 8 nitrogen and oxygen atoms in total. The topological polar surface area (TPSA) is 122 Å². The molecule has 39 heavy (non-hydrogen) atoms. The second kappa shape index (κ2) is 11.1. The normalized spacial score (nSPS) is 12.5. The van der Waals surface area contributed by atoms with Gasteiger partial charge in [-0.3, -0.25) is 4.79 Å². The molecule has 5 rings (SSSR count). The Hall–Kier alpha value is -4.40. The van der Waals surface area contributed by atoms with Gasteiger partial charge in [-0.05, 0) is 62.2 Å². The average Bonchev–Trinajstić information content (AvgIpc) is 3.31. The van der Waals surface area contributed by atoms with Crippen molar-refractivity contribution in [2.24, 2.45) is 5.73 Å². The van der Waals surface area contributed by atoms with Crippen LogP contribution in [0.2, 0.25) is 0 Å². The Morgan fingerprint density at radius 1 is 1.03 bits per heavy atom. The highest BCUT2D eigenvalue weighted by Gasteiger charge is 2.20. The molecule has 0 saturated carbocycles. The molecule has 0 saturated heterocycles. The Morgan fingerprint density at radius 3 is 2.54 bits per heavy atom. The lowest BCUT2D eigenvalue weighted by atomic mass is 9.94. The smallest absolute Gasteiger partial charge is 0.250 e. The van der Waals surface area contributed by atoms with Crippen molar-refractivity contribution in [3.8, 4) is 17.4 Å². The van der Waals surface area contributed by atoms with Crippen LogP contribution in [-0.4, -0.2) is 45.8 Å². The molecule has 0 unspecified atom stereocenters. The Balaban J connectivity index is 1.13. The van der Waals surface area contributed by atoms with Crippen LogP contribution in [0.1, 0.15) is 29.8 Å². The molecule has 0 fully saturated rings. The van der Waals surface area contributed by atoms with Crippen LogP contribution >= 0.6 is 0 Å². The van der Waals surface area contributed by atoms with Gasteiger partial charge in [-0.25, -0.2) is 4.98 Å². The van der Waals surface area contributed by atoms with E-state index in [1.807, 2.05) is 60.7 Å². The number of carbonyl (C=O) groups excluding carboxylic acids is 1. The maximum absolute atomic E-state index is 11.2. The first-order chi connectivity index (χ1) is 18.8. The lowest BCUT2D eigenvalue weighted by Gasteiger charge is -2.28. The van der Waals surface area contributed by atoms with Crippen LogP contribution in [0, 0.1) is 0 Å². The van der Waals surface area contributed by atoms with E-state index >= 15 is 0 Å². The van der Waals surface area contributed by atoms with Crippen LogP contribution in [0.4, 0.5) is 0 Å². The first kappa shape index (κ1) is 26.2. The van der Waals surface area contributed by atoms with E-state index in [4.69, 9.17) is 15.2 Å². The van der Waals surface area contributed by atoms with Crippen molar-refractivity contribution in [3.63, 3.8) is 0 Å². The molecule has 1 atom stereocenters. The number of aliphatic hydroxyl groups excluding tert-OH is 1. The third-order valence-corrected chi connectivity index (χ3v) is 6.55. The third-order valence-electron chi connectivity index (χ3n) is 6.55. The molecule has 0 aliphatic heterocycles. The van der Waals surface area contributed by atoms with Gasteiger partial charge in [0.05, 0.1) is 11.1 Å². The van der Waals surface area contributed by atoms with Gasteiger partial charge < -0.3 is 30.6 Å². The summed E-state index contributed by atoms with van der Waals surface area (Å²) in [5.74, 6) is 1.25. The van der Waals surface area contributed by atoms with E-state index < -0.39 is 12.0 Å². The lowest BCUT2D eigenvalue weighted by molar-refractivity contribution is 0.0995. The van der Waals surface area contributed by atoms with Crippen molar-refractivity contribution in [2.45, 2.75) is 31.9 Å². The van der Waals surface area contributed by atoms with Crippen LogP contribution in [0.5, 0.6) is 17.4 Å². The molecule has 0 aliphatic rings. The third kappa shape index (κ3) is 6.37. The van der Waals surface area contributed by atoms with Gasteiger partial charge in [0.25, 0.3) is 0 Å². The number of aromatic nitrogens is 2. The summed E-state index contributed by atoms with van der Waals surface area (Å²) in [7, 11) is 0. The number of aromatic amines is 1. The fourth-order valence-corrected chi connectivity index (χ4v) is 4.58. The highest BCUT2D eigenvalue weighted by Crippen LogP contribution is 2.33. The number of nitrogens with two attached hydrogens (primary N) is 1. The van der Waals surface area contributed by atoms with E-state index in [9.17, 15) is 9.90 Å². The summed E-state index contributed by atoms with van der Waals surface area (Å²) in [5.41, 5.74) is 8.50. The van der Waals surface area contributed by atoms with E-state index in [0.29, 0.717) is 23.7 Å². The summed E-state index contributed by atoms with van der Waals surface area (Å²) in [6, 6.07) is 25.0. The first-order valence-corrected chi connectivity index (χ1v) is 12.9. The highest BCUT2D eigenvalue weighted by atomic mass is 16.5. The van der Waals surface area contributed by atoms with Crippen LogP contribution in [0.15, 0.2) is 85.1 Å². The number of primary amides is 1. The molecule has 2 aromatic heterocycles. The number of hydrogen-bond donors (Lipinski definition) is 4. The van der Waals surface area contributed by atoms with E-state index in [0.717, 1.165) is 39.5 Å². The molecular formula is C31H32N4O4. The van der Waals surface area contributed by atoms with Crippen molar-refractivity contribution in [1.82, 2.24) is 15.3 Å². The van der Waals surface area contributed by atoms with Crippen molar-refractivity contribution < 1.29 is 19.4 Å². The van der Waals surface area contributed by atoms with Gasteiger partial charge in [0.1, 0.15) is 24.2 Å². The molecule has 0 bridgehead atoms. The van der Waals surface area contributed by atoms with Gasteiger partial charge in [0.2, 0.25) is 11.8 Å². The number of benzene rings is 3. The molecule has 3 aromatic carbocycles. The van der Waals surface area contributed by atoms with E-state index in [2.05, 4.69) is 35.2 Å². The standard InChI is InChI=1S/C31H32N4O4/c1-31(2,16-20-10-13-23(14-11-20)39-28-15-12-21(17-33-28)30(32)37)34-18-22(36)19-38-27-9-5-8-26-29(27)24-6-3-4-7-25(24)35-26/h3-15,17,22,34-36H,16,18-19H2,1-2H3,(H2,32,37)/t22-/m0/s1/i30+2. The molecule has 5 N–H and O–H groups in total. The van der Waals surface area contributed by atoms with Gasteiger partial charge in [-0.15, -0.1) is 0 Å². The Morgan fingerprint density at radius 2 is 1.79 bits per heavy atom. The molecule has 0 radical (unpaired) electrons. The van der Waals surface area contributed by atoms with Gasteiger partial charge in [-0.2, -0.15) is 0 Å². The van der Waals surface area contributed by atoms with Crippen molar-refractivity contribution in [3.05, 3.63) is 96.2 Å². The molecule has 0 spiro atoms. The van der Waals surface area contributed by atoms with Gasteiger partial charge in [-0.1, -0.05) is 36.4 Å². The number of carbonyl (C=O) groups is 1. The predicted octanol–water partition coefficient (Wildman–Crippen LogP) is 4.96. The van der Waals surface area contributed by atoms with Crippen LogP contribution in [0.3, 0.4) is 0 Å². The number of hydrogen-bond acceptors (Lipinski definition) is 6. The van der Waals surface area contributed by atoms with E-state index in [1.165, 1.54) is 6.20 Å². The number of pyridine rings is 1. The molecule has 2 heterocycles. The van der Waals surface area contributed by atoms with E-state index in [1.54, 1.807) is 12.1 Å². The average molecular weight is 527 g/mol. The second-order valence-corrected chi connectivity index (χ2v) is 10.3.